The van der Waals surface area contributed by atoms with E-state index in [1.54, 1.807) is 0 Å². The Bertz CT molecular complexity index is 1260. The number of carbonyl (C=O) groups excluding carboxylic acids is 1. The van der Waals surface area contributed by atoms with Crippen molar-refractivity contribution in [3.63, 3.8) is 0 Å². The summed E-state index contributed by atoms with van der Waals surface area (Å²) < 4.78 is 7.67. The van der Waals surface area contributed by atoms with Gasteiger partial charge in [0.15, 0.2) is 0 Å². The van der Waals surface area contributed by atoms with E-state index in [4.69, 9.17) is 9.72 Å². The van der Waals surface area contributed by atoms with Crippen LogP contribution in [0.15, 0.2) is 78.9 Å². The predicted octanol–water partition coefficient (Wildman–Crippen LogP) is 4.46. The average Bonchev–Trinajstić information content (AvgIpc) is 3.27. The largest absolute Gasteiger partial charge is 0.379 e. The van der Waals surface area contributed by atoms with Crippen LogP contribution in [0.1, 0.15) is 29.4 Å². The van der Waals surface area contributed by atoms with Gasteiger partial charge in [0.1, 0.15) is 5.82 Å². The number of nitrogens with one attached hydrogen (secondary N) is 1. The van der Waals surface area contributed by atoms with Crippen molar-refractivity contribution in [1.82, 2.24) is 19.8 Å². The Labute approximate surface area is 206 Å². The van der Waals surface area contributed by atoms with Crippen LogP contribution < -0.4 is 5.32 Å². The van der Waals surface area contributed by atoms with Crippen LogP contribution in [0.25, 0.3) is 16.7 Å². The number of rotatable bonds is 8. The summed E-state index contributed by atoms with van der Waals surface area (Å²) >= 11 is 0. The molecule has 6 heteroatoms. The summed E-state index contributed by atoms with van der Waals surface area (Å²) in [5.74, 6) is 0.933. The fraction of sp³-hybridized carbons (Fsp3) is 0.310. The molecule has 4 aromatic rings. The summed E-state index contributed by atoms with van der Waals surface area (Å²) in [5.41, 5.74) is 5.40. The minimum Gasteiger partial charge on any atom is -0.379 e. The monoisotopic (exact) mass is 468 g/mol. The molecule has 2 heterocycles. The first kappa shape index (κ1) is 23.3. The first-order valence-electron chi connectivity index (χ1n) is 12.4. The summed E-state index contributed by atoms with van der Waals surface area (Å²) in [4.78, 5) is 20.4. The molecule has 1 aliphatic rings. The fourth-order valence-electron chi connectivity index (χ4n) is 4.68. The standard InChI is InChI=1S/C29H32N4O2/c1-22-11-13-23(14-12-22)26(21-32-17-19-35-20-18-32)31-29(34)16-15-28-30-25-9-5-6-10-27(25)33(28)24-7-3-2-4-8-24/h2-14,26H,15-21H2,1H3,(H,31,34)/t26-/m1/s1. The summed E-state index contributed by atoms with van der Waals surface area (Å²) in [6, 6.07) is 26.7. The smallest absolute Gasteiger partial charge is 0.220 e. The molecule has 1 saturated heterocycles. The zero-order valence-electron chi connectivity index (χ0n) is 20.2. The maximum atomic E-state index is 13.2. The van der Waals surface area contributed by atoms with Gasteiger partial charge in [-0.1, -0.05) is 60.2 Å². The van der Waals surface area contributed by atoms with E-state index in [1.165, 1.54) is 5.56 Å². The molecule has 3 aromatic carbocycles. The lowest BCUT2D eigenvalue weighted by atomic mass is 10.0. The molecular weight excluding hydrogens is 436 g/mol. The summed E-state index contributed by atoms with van der Waals surface area (Å²) in [6.45, 7) is 6.12. The minimum atomic E-state index is -0.0610. The number of hydrogen-bond donors (Lipinski definition) is 1. The van der Waals surface area contributed by atoms with Gasteiger partial charge in [-0.05, 0) is 36.8 Å². The number of benzene rings is 3. The van der Waals surface area contributed by atoms with Crippen LogP contribution in [-0.4, -0.2) is 53.2 Å². The molecule has 0 aliphatic carbocycles. The second-order valence-electron chi connectivity index (χ2n) is 9.13. The van der Waals surface area contributed by atoms with Gasteiger partial charge < -0.3 is 10.1 Å². The van der Waals surface area contributed by atoms with Crippen molar-refractivity contribution in [3.8, 4) is 5.69 Å². The highest BCUT2D eigenvalue weighted by Crippen LogP contribution is 2.23. The summed E-state index contributed by atoms with van der Waals surface area (Å²) in [5, 5.41) is 3.30. The zero-order valence-corrected chi connectivity index (χ0v) is 20.2. The Morgan fingerprint density at radius 2 is 1.69 bits per heavy atom. The number of aryl methyl sites for hydroxylation is 2. The van der Waals surface area contributed by atoms with E-state index in [0.717, 1.165) is 61.0 Å². The molecular formula is C29H32N4O2. The highest BCUT2D eigenvalue weighted by molar-refractivity contribution is 5.79. The maximum Gasteiger partial charge on any atom is 0.220 e. The summed E-state index contributed by atoms with van der Waals surface area (Å²) in [7, 11) is 0. The van der Waals surface area contributed by atoms with Crippen LogP contribution in [-0.2, 0) is 16.0 Å². The number of aromatic nitrogens is 2. The Balaban J connectivity index is 1.33. The van der Waals surface area contributed by atoms with Gasteiger partial charge in [-0.25, -0.2) is 4.98 Å². The van der Waals surface area contributed by atoms with E-state index < -0.39 is 0 Å². The van der Waals surface area contributed by atoms with Gasteiger partial charge in [0.2, 0.25) is 5.91 Å². The molecule has 0 radical (unpaired) electrons. The molecule has 35 heavy (non-hydrogen) atoms. The van der Waals surface area contributed by atoms with Gasteiger partial charge in [-0.3, -0.25) is 14.3 Å². The number of hydrogen-bond acceptors (Lipinski definition) is 4. The van der Waals surface area contributed by atoms with Gasteiger partial charge in [0, 0.05) is 38.2 Å². The van der Waals surface area contributed by atoms with Crippen LogP contribution in [0, 0.1) is 6.92 Å². The third kappa shape index (κ3) is 5.61. The van der Waals surface area contributed by atoms with Gasteiger partial charge in [0.05, 0.1) is 30.3 Å². The molecule has 1 amide bonds. The molecule has 1 aliphatic heterocycles. The van der Waals surface area contributed by atoms with Crippen molar-refractivity contribution < 1.29 is 9.53 Å². The van der Waals surface area contributed by atoms with Crippen LogP contribution in [0.5, 0.6) is 0 Å². The lowest BCUT2D eigenvalue weighted by molar-refractivity contribution is -0.122. The highest BCUT2D eigenvalue weighted by Gasteiger charge is 2.21. The van der Waals surface area contributed by atoms with Gasteiger partial charge in [-0.15, -0.1) is 0 Å². The second-order valence-corrected chi connectivity index (χ2v) is 9.13. The highest BCUT2D eigenvalue weighted by atomic mass is 16.5. The number of nitrogens with zero attached hydrogens (tertiary/aromatic N) is 3. The van der Waals surface area contributed by atoms with E-state index in [-0.39, 0.29) is 11.9 Å². The quantitative estimate of drug-likeness (QED) is 0.415. The van der Waals surface area contributed by atoms with E-state index >= 15 is 0 Å². The van der Waals surface area contributed by atoms with Crippen molar-refractivity contribution in [2.45, 2.75) is 25.8 Å². The van der Waals surface area contributed by atoms with E-state index in [1.807, 2.05) is 36.4 Å². The number of para-hydroxylation sites is 3. The molecule has 0 bridgehead atoms. The Kier molecular flexibility index (Phi) is 7.21. The molecule has 0 saturated carbocycles. The number of ether oxygens (including phenoxy) is 1. The lowest BCUT2D eigenvalue weighted by Crippen LogP contribution is -2.43. The third-order valence-electron chi connectivity index (χ3n) is 6.58. The average molecular weight is 469 g/mol. The molecule has 0 unspecified atom stereocenters. The van der Waals surface area contributed by atoms with E-state index in [9.17, 15) is 4.79 Å². The molecule has 6 nitrogen and oxygen atoms in total. The number of amides is 1. The second kappa shape index (κ2) is 10.8. The first-order chi connectivity index (χ1) is 17.2. The number of morpholine rings is 1. The molecule has 1 N–H and O–H groups in total. The van der Waals surface area contributed by atoms with Crippen molar-refractivity contribution in [1.29, 1.82) is 0 Å². The maximum absolute atomic E-state index is 13.2. The minimum absolute atomic E-state index is 0.0375. The predicted molar refractivity (Wildman–Crippen MR) is 139 cm³/mol. The van der Waals surface area contributed by atoms with Gasteiger partial charge in [-0.2, -0.15) is 0 Å². The molecule has 1 atom stereocenters. The molecule has 0 spiro atoms. The molecule has 1 fully saturated rings. The van der Waals surface area contributed by atoms with E-state index in [2.05, 4.69) is 64.2 Å². The third-order valence-corrected chi connectivity index (χ3v) is 6.58. The van der Waals surface area contributed by atoms with Crippen LogP contribution in [0.3, 0.4) is 0 Å². The number of carbonyl (C=O) groups is 1. The van der Waals surface area contributed by atoms with Crippen LogP contribution >= 0.6 is 0 Å². The van der Waals surface area contributed by atoms with Gasteiger partial charge >= 0.3 is 0 Å². The normalized spacial score (nSPS) is 15.2. The van der Waals surface area contributed by atoms with Crippen molar-refractivity contribution >= 4 is 16.9 Å². The molecule has 1 aromatic heterocycles. The Morgan fingerprint density at radius 3 is 2.46 bits per heavy atom. The van der Waals surface area contributed by atoms with Crippen molar-refractivity contribution in [2.24, 2.45) is 0 Å². The lowest BCUT2D eigenvalue weighted by Gasteiger charge is -2.31. The van der Waals surface area contributed by atoms with Crippen molar-refractivity contribution in [3.05, 3.63) is 95.8 Å². The Hall–Kier alpha value is -3.48. The first-order valence-corrected chi connectivity index (χ1v) is 12.4. The molecule has 180 valence electrons. The number of fused-ring (bicyclic) bond motifs is 1. The zero-order chi connectivity index (χ0) is 24.0. The van der Waals surface area contributed by atoms with Crippen LogP contribution in [0.2, 0.25) is 0 Å². The van der Waals surface area contributed by atoms with Crippen molar-refractivity contribution in [2.75, 3.05) is 32.8 Å². The SMILES string of the molecule is Cc1ccc([C@@H](CN2CCOCC2)NC(=O)CCc2nc3ccccc3n2-c2ccccc2)cc1. The van der Waals surface area contributed by atoms with Gasteiger partial charge in [0.25, 0.3) is 0 Å². The number of imidazole rings is 1. The molecule has 5 rings (SSSR count). The topological polar surface area (TPSA) is 59.4 Å². The van der Waals surface area contributed by atoms with E-state index in [0.29, 0.717) is 12.8 Å². The van der Waals surface area contributed by atoms with Crippen LogP contribution in [0.4, 0.5) is 0 Å². The summed E-state index contributed by atoms with van der Waals surface area (Å²) in [6.07, 6.45) is 0.940. The fourth-order valence-corrected chi connectivity index (χ4v) is 4.68. The Morgan fingerprint density at radius 1 is 0.971 bits per heavy atom.